The molecule has 0 unspecified atom stereocenters. The van der Waals surface area contributed by atoms with Gasteiger partial charge in [0.2, 0.25) is 17.7 Å². The van der Waals surface area contributed by atoms with Crippen LogP contribution in [0.4, 0.5) is 0 Å². The topological polar surface area (TPSA) is 105 Å². The van der Waals surface area contributed by atoms with Gasteiger partial charge in [0.1, 0.15) is 12.1 Å². The van der Waals surface area contributed by atoms with Crippen molar-refractivity contribution >= 4 is 17.7 Å². The summed E-state index contributed by atoms with van der Waals surface area (Å²) in [5.74, 6) is -0.855. The van der Waals surface area contributed by atoms with E-state index in [0.29, 0.717) is 19.5 Å². The molecular weight excluding hydrogens is 368 g/mol. The first kappa shape index (κ1) is 22.9. The van der Waals surface area contributed by atoms with Gasteiger partial charge in [0, 0.05) is 13.1 Å². The van der Waals surface area contributed by atoms with Crippen LogP contribution in [0.2, 0.25) is 0 Å². The van der Waals surface area contributed by atoms with Crippen LogP contribution < -0.4 is 16.4 Å². The average molecular weight is 403 g/mol. The molecule has 1 aromatic rings. The lowest BCUT2D eigenvalue weighted by Gasteiger charge is -2.31. The van der Waals surface area contributed by atoms with Gasteiger partial charge in [0.05, 0.1) is 6.04 Å². The SMILES string of the molecule is CC(C)[C@H](N)C(=O)N[C@H](C(=O)N1CCC[C@H]1C(=O)NCc1ccccc1)C(C)C. The first-order chi connectivity index (χ1) is 13.7. The van der Waals surface area contributed by atoms with Gasteiger partial charge >= 0.3 is 0 Å². The maximum Gasteiger partial charge on any atom is 0.246 e. The summed E-state index contributed by atoms with van der Waals surface area (Å²) < 4.78 is 0. The lowest BCUT2D eigenvalue weighted by Crippen LogP contribution is -2.57. The van der Waals surface area contributed by atoms with Gasteiger partial charge in [-0.1, -0.05) is 58.0 Å². The Bertz CT molecular complexity index is 705. The Labute approximate surface area is 173 Å². The van der Waals surface area contributed by atoms with Crippen LogP contribution in [0.1, 0.15) is 46.1 Å². The van der Waals surface area contributed by atoms with Crippen molar-refractivity contribution in [2.24, 2.45) is 17.6 Å². The zero-order valence-corrected chi connectivity index (χ0v) is 17.9. The number of nitrogens with one attached hydrogen (secondary N) is 2. The van der Waals surface area contributed by atoms with Crippen molar-refractivity contribution in [3.63, 3.8) is 0 Å². The molecule has 1 saturated heterocycles. The van der Waals surface area contributed by atoms with E-state index in [1.165, 1.54) is 0 Å². The fraction of sp³-hybridized carbons (Fsp3) is 0.591. The summed E-state index contributed by atoms with van der Waals surface area (Å²) in [5.41, 5.74) is 6.94. The van der Waals surface area contributed by atoms with E-state index in [0.717, 1.165) is 12.0 Å². The standard InChI is InChI=1S/C22H34N4O3/c1-14(2)18(23)21(28)25-19(15(3)4)22(29)26-12-8-11-17(26)20(27)24-13-16-9-6-5-7-10-16/h5-7,9-10,14-15,17-19H,8,11-13,23H2,1-4H3,(H,24,27)(H,25,28)/t17-,18-,19-/m0/s1. The van der Waals surface area contributed by atoms with E-state index in [4.69, 9.17) is 5.73 Å². The van der Waals surface area contributed by atoms with Crippen LogP contribution >= 0.6 is 0 Å². The molecule has 0 bridgehead atoms. The van der Waals surface area contributed by atoms with Crippen molar-refractivity contribution in [1.82, 2.24) is 15.5 Å². The summed E-state index contributed by atoms with van der Waals surface area (Å²) in [6.07, 6.45) is 1.38. The molecule has 1 aliphatic heterocycles. The Hall–Kier alpha value is -2.41. The summed E-state index contributed by atoms with van der Waals surface area (Å²) in [6, 6.07) is 7.77. The van der Waals surface area contributed by atoms with Crippen LogP contribution in [-0.2, 0) is 20.9 Å². The van der Waals surface area contributed by atoms with Crippen molar-refractivity contribution < 1.29 is 14.4 Å². The van der Waals surface area contributed by atoms with Crippen LogP contribution in [-0.4, -0.2) is 47.3 Å². The Morgan fingerprint density at radius 1 is 1.10 bits per heavy atom. The number of carbonyl (C=O) groups is 3. The van der Waals surface area contributed by atoms with E-state index >= 15 is 0 Å². The third-order valence-corrected chi connectivity index (χ3v) is 5.40. The van der Waals surface area contributed by atoms with Gasteiger partial charge in [0.25, 0.3) is 0 Å². The maximum atomic E-state index is 13.2. The predicted octanol–water partition coefficient (Wildman–Crippen LogP) is 1.42. The average Bonchev–Trinajstić information content (AvgIpc) is 3.19. The predicted molar refractivity (Wildman–Crippen MR) is 113 cm³/mol. The largest absolute Gasteiger partial charge is 0.350 e. The summed E-state index contributed by atoms with van der Waals surface area (Å²) in [5, 5.41) is 5.73. The van der Waals surface area contributed by atoms with Crippen molar-refractivity contribution in [2.75, 3.05) is 6.54 Å². The highest BCUT2D eigenvalue weighted by Crippen LogP contribution is 2.21. The van der Waals surface area contributed by atoms with Crippen molar-refractivity contribution in [3.8, 4) is 0 Å². The number of rotatable bonds is 8. The second kappa shape index (κ2) is 10.4. The normalized spacial score (nSPS) is 18.6. The molecule has 0 spiro atoms. The first-order valence-corrected chi connectivity index (χ1v) is 10.4. The molecule has 3 atom stereocenters. The molecule has 1 aromatic carbocycles. The van der Waals surface area contributed by atoms with Crippen molar-refractivity contribution in [2.45, 2.75) is 65.2 Å². The number of hydrogen-bond acceptors (Lipinski definition) is 4. The van der Waals surface area contributed by atoms with Gasteiger partial charge in [-0.2, -0.15) is 0 Å². The Balaban J connectivity index is 2.03. The minimum Gasteiger partial charge on any atom is -0.350 e. The maximum absolute atomic E-state index is 13.2. The number of nitrogens with two attached hydrogens (primary N) is 1. The van der Waals surface area contributed by atoms with E-state index in [2.05, 4.69) is 10.6 Å². The first-order valence-electron chi connectivity index (χ1n) is 10.4. The van der Waals surface area contributed by atoms with Gasteiger partial charge in [-0.05, 0) is 30.2 Å². The van der Waals surface area contributed by atoms with Gasteiger partial charge in [-0.15, -0.1) is 0 Å². The molecule has 0 aliphatic carbocycles. The molecule has 7 heteroatoms. The number of hydrogen-bond donors (Lipinski definition) is 3. The van der Waals surface area contributed by atoms with Gasteiger partial charge in [0.15, 0.2) is 0 Å². The molecule has 0 saturated carbocycles. The van der Waals surface area contributed by atoms with Gasteiger partial charge < -0.3 is 21.3 Å². The van der Waals surface area contributed by atoms with Crippen molar-refractivity contribution in [3.05, 3.63) is 35.9 Å². The smallest absolute Gasteiger partial charge is 0.246 e. The Kier molecular flexibility index (Phi) is 8.20. The number of carbonyl (C=O) groups excluding carboxylic acids is 3. The molecule has 3 amide bonds. The lowest BCUT2D eigenvalue weighted by molar-refractivity contribution is -0.142. The van der Waals surface area contributed by atoms with Crippen molar-refractivity contribution in [1.29, 1.82) is 0 Å². The molecule has 29 heavy (non-hydrogen) atoms. The van der Waals surface area contributed by atoms with E-state index < -0.39 is 18.1 Å². The van der Waals surface area contributed by atoms with Gasteiger partial charge in [-0.3, -0.25) is 14.4 Å². The summed E-state index contributed by atoms with van der Waals surface area (Å²) in [6.45, 7) is 8.42. The second-order valence-corrected chi connectivity index (χ2v) is 8.39. The third-order valence-electron chi connectivity index (χ3n) is 5.40. The number of likely N-dealkylation sites (tertiary alicyclic amines) is 1. The number of benzene rings is 1. The molecule has 1 heterocycles. The van der Waals surface area contributed by atoms with Crippen LogP contribution in [0.25, 0.3) is 0 Å². The monoisotopic (exact) mass is 402 g/mol. The lowest BCUT2D eigenvalue weighted by atomic mass is 9.99. The molecule has 0 aromatic heterocycles. The quantitative estimate of drug-likeness (QED) is 0.612. The fourth-order valence-electron chi connectivity index (χ4n) is 3.45. The van der Waals surface area contributed by atoms with E-state index in [-0.39, 0.29) is 29.6 Å². The minimum atomic E-state index is -0.699. The van der Waals surface area contributed by atoms with Crippen LogP contribution in [0.3, 0.4) is 0 Å². The molecule has 1 fully saturated rings. The van der Waals surface area contributed by atoms with Crippen LogP contribution in [0, 0.1) is 11.8 Å². The molecule has 7 nitrogen and oxygen atoms in total. The molecule has 1 aliphatic rings. The van der Waals surface area contributed by atoms with E-state index in [1.807, 2.05) is 58.0 Å². The number of amides is 3. The second-order valence-electron chi connectivity index (χ2n) is 8.39. The minimum absolute atomic E-state index is 0.0267. The highest BCUT2D eigenvalue weighted by molar-refractivity contribution is 5.93. The zero-order chi connectivity index (χ0) is 21.6. The van der Waals surface area contributed by atoms with Gasteiger partial charge in [-0.25, -0.2) is 0 Å². The Morgan fingerprint density at radius 2 is 1.76 bits per heavy atom. The highest BCUT2D eigenvalue weighted by atomic mass is 16.2. The molecule has 160 valence electrons. The molecule has 4 N–H and O–H groups in total. The number of nitrogens with zero attached hydrogens (tertiary/aromatic N) is 1. The summed E-state index contributed by atoms with van der Waals surface area (Å²) >= 11 is 0. The fourth-order valence-corrected chi connectivity index (χ4v) is 3.45. The van der Waals surface area contributed by atoms with E-state index in [9.17, 15) is 14.4 Å². The highest BCUT2D eigenvalue weighted by Gasteiger charge is 2.39. The molecule has 0 radical (unpaired) electrons. The summed E-state index contributed by atoms with van der Waals surface area (Å²) in [4.78, 5) is 39.9. The zero-order valence-electron chi connectivity index (χ0n) is 17.9. The Morgan fingerprint density at radius 3 is 2.34 bits per heavy atom. The molecule has 2 rings (SSSR count). The third kappa shape index (κ3) is 6.03. The summed E-state index contributed by atoms with van der Waals surface area (Å²) in [7, 11) is 0. The van der Waals surface area contributed by atoms with Crippen LogP contribution in [0.5, 0.6) is 0 Å². The van der Waals surface area contributed by atoms with E-state index in [1.54, 1.807) is 4.90 Å². The molecular formula is C22H34N4O3. The van der Waals surface area contributed by atoms with Crippen LogP contribution in [0.15, 0.2) is 30.3 Å².